The number of alkyl halides is 2. The summed E-state index contributed by atoms with van der Waals surface area (Å²) >= 11 is 0. The fourth-order valence-electron chi connectivity index (χ4n) is 3.26. The number of nitrogens with zero attached hydrogens (tertiary/aromatic N) is 1. The summed E-state index contributed by atoms with van der Waals surface area (Å²) in [5.74, 6) is -1.81. The Labute approximate surface area is 188 Å². The third-order valence-electron chi connectivity index (χ3n) is 4.90. The van der Waals surface area contributed by atoms with Crippen LogP contribution in [0.4, 0.5) is 13.2 Å². The van der Waals surface area contributed by atoms with E-state index in [0.29, 0.717) is 11.1 Å². The Bertz CT molecular complexity index is 1290. The lowest BCUT2D eigenvalue weighted by Gasteiger charge is -2.17. The molecule has 0 aliphatic rings. The fraction of sp³-hybridized carbons (Fsp3) is 0.273. The summed E-state index contributed by atoms with van der Waals surface area (Å²) < 4.78 is 78.6. The molecule has 0 saturated heterocycles. The molecule has 33 heavy (non-hydrogen) atoms. The highest BCUT2D eigenvalue weighted by molar-refractivity contribution is 7.90. The molecule has 0 saturated carbocycles. The van der Waals surface area contributed by atoms with Crippen molar-refractivity contribution in [1.82, 2.24) is 4.98 Å². The zero-order valence-electron chi connectivity index (χ0n) is 17.9. The first-order valence-corrected chi connectivity index (χ1v) is 11.5. The van der Waals surface area contributed by atoms with Crippen molar-refractivity contribution in [2.24, 2.45) is 0 Å². The maximum absolute atomic E-state index is 14.5. The summed E-state index contributed by atoms with van der Waals surface area (Å²) in [7, 11) is -2.23. The number of pyridine rings is 1. The van der Waals surface area contributed by atoms with Gasteiger partial charge in [-0.1, -0.05) is 12.1 Å². The van der Waals surface area contributed by atoms with Crippen LogP contribution >= 0.6 is 0 Å². The first-order chi connectivity index (χ1) is 15.5. The van der Waals surface area contributed by atoms with Gasteiger partial charge in [0.2, 0.25) is 5.88 Å². The highest BCUT2D eigenvalue weighted by atomic mass is 32.2. The molecule has 1 heterocycles. The lowest BCUT2D eigenvalue weighted by molar-refractivity contribution is -0.142. The molecule has 7 nitrogen and oxygen atoms in total. The number of aromatic nitrogens is 1. The molecule has 176 valence electrons. The Hall–Kier alpha value is -3.34. The summed E-state index contributed by atoms with van der Waals surface area (Å²) in [4.78, 5) is 15.5. The van der Waals surface area contributed by atoms with E-state index in [1.165, 1.54) is 37.4 Å². The Balaban J connectivity index is 2.14. The van der Waals surface area contributed by atoms with Crippen molar-refractivity contribution >= 4 is 26.7 Å². The molecular weight excluding hydrogens is 463 g/mol. The molecule has 3 rings (SSSR count). The predicted octanol–water partition coefficient (Wildman–Crippen LogP) is 3.83. The number of halogens is 3. The van der Waals surface area contributed by atoms with Gasteiger partial charge in [0.05, 0.1) is 12.0 Å². The van der Waals surface area contributed by atoms with Crippen molar-refractivity contribution in [1.29, 1.82) is 0 Å². The highest BCUT2D eigenvalue weighted by Gasteiger charge is 2.22. The second-order valence-electron chi connectivity index (χ2n) is 7.13. The molecule has 0 bridgehead atoms. The second-order valence-corrected chi connectivity index (χ2v) is 9.14. The van der Waals surface area contributed by atoms with Gasteiger partial charge in [-0.25, -0.2) is 22.6 Å². The van der Waals surface area contributed by atoms with E-state index < -0.39 is 40.7 Å². The van der Waals surface area contributed by atoms with E-state index in [4.69, 9.17) is 4.74 Å². The van der Waals surface area contributed by atoms with Crippen molar-refractivity contribution in [3.05, 3.63) is 58.9 Å². The third kappa shape index (κ3) is 5.54. The molecule has 0 N–H and O–H groups in total. The average molecular weight is 483 g/mol. The van der Waals surface area contributed by atoms with Gasteiger partial charge in [-0.05, 0) is 42.3 Å². The van der Waals surface area contributed by atoms with Gasteiger partial charge in [0, 0.05) is 23.6 Å². The molecule has 0 fully saturated rings. The van der Waals surface area contributed by atoms with Crippen LogP contribution in [0.15, 0.2) is 41.3 Å². The van der Waals surface area contributed by atoms with Crippen LogP contribution in [0, 0.1) is 12.7 Å². The Kier molecular flexibility index (Phi) is 7.11. The number of hydrogen-bond donors (Lipinski definition) is 0. The Morgan fingerprint density at radius 1 is 1.12 bits per heavy atom. The van der Waals surface area contributed by atoms with Crippen LogP contribution in [0.25, 0.3) is 10.9 Å². The minimum Gasteiger partial charge on any atom is -0.481 e. The van der Waals surface area contributed by atoms with E-state index in [9.17, 15) is 26.4 Å². The SMILES string of the molecule is COC(=O)COc1ccc(F)c2nc(OC(F)F)c(Cc3ccc(S(C)(=O)=O)cc3)c(C)c12. The van der Waals surface area contributed by atoms with E-state index >= 15 is 0 Å². The van der Waals surface area contributed by atoms with Crippen molar-refractivity contribution in [3.63, 3.8) is 0 Å². The molecular formula is C22H20F3NO6S. The number of aryl methyl sites for hydroxylation is 1. The molecule has 0 amide bonds. The first kappa shape index (κ1) is 24.3. The molecule has 0 unspecified atom stereocenters. The number of carbonyl (C=O) groups is 1. The van der Waals surface area contributed by atoms with Crippen LogP contribution in [0.3, 0.4) is 0 Å². The van der Waals surface area contributed by atoms with Crippen molar-refractivity contribution in [2.45, 2.75) is 24.9 Å². The van der Waals surface area contributed by atoms with E-state index in [2.05, 4.69) is 14.5 Å². The van der Waals surface area contributed by atoms with Crippen molar-refractivity contribution in [3.8, 4) is 11.6 Å². The largest absolute Gasteiger partial charge is 0.481 e. The normalized spacial score (nSPS) is 11.6. The first-order valence-electron chi connectivity index (χ1n) is 9.56. The summed E-state index contributed by atoms with van der Waals surface area (Å²) in [5, 5.41) is 0.184. The number of fused-ring (bicyclic) bond motifs is 1. The zero-order valence-corrected chi connectivity index (χ0v) is 18.7. The zero-order chi connectivity index (χ0) is 24.3. The van der Waals surface area contributed by atoms with E-state index in [1.54, 1.807) is 6.92 Å². The van der Waals surface area contributed by atoms with E-state index in [-0.39, 0.29) is 33.5 Å². The molecule has 3 aromatic rings. The molecule has 2 aromatic carbocycles. The van der Waals surface area contributed by atoms with Gasteiger partial charge < -0.3 is 14.2 Å². The maximum Gasteiger partial charge on any atom is 0.388 e. The van der Waals surface area contributed by atoms with E-state index in [0.717, 1.165) is 12.3 Å². The second kappa shape index (κ2) is 9.65. The minimum atomic E-state index is -3.41. The molecule has 11 heteroatoms. The van der Waals surface area contributed by atoms with Gasteiger partial charge in [-0.3, -0.25) is 0 Å². The highest BCUT2D eigenvalue weighted by Crippen LogP contribution is 2.37. The van der Waals surface area contributed by atoms with Gasteiger partial charge in [0.25, 0.3) is 0 Å². The Morgan fingerprint density at radius 3 is 2.36 bits per heavy atom. The molecule has 1 aromatic heterocycles. The van der Waals surface area contributed by atoms with Gasteiger partial charge in [-0.2, -0.15) is 8.78 Å². The van der Waals surface area contributed by atoms with Gasteiger partial charge in [0.1, 0.15) is 17.1 Å². The fourth-order valence-corrected chi connectivity index (χ4v) is 3.89. The quantitative estimate of drug-likeness (QED) is 0.450. The average Bonchev–Trinajstić information content (AvgIpc) is 2.75. The maximum atomic E-state index is 14.5. The number of esters is 1. The number of hydrogen-bond acceptors (Lipinski definition) is 7. The minimum absolute atomic E-state index is 0.0355. The van der Waals surface area contributed by atoms with Crippen LogP contribution in [0.1, 0.15) is 16.7 Å². The standard InChI is InChI=1S/C22H20F3NO6S/c1-12-15(10-13-4-6-14(7-5-13)33(3,28)29)21(32-22(24)25)26-20-16(23)8-9-17(19(12)20)31-11-18(27)30-2/h4-9,22H,10-11H2,1-3H3. The van der Waals surface area contributed by atoms with Gasteiger partial charge >= 0.3 is 12.6 Å². The summed E-state index contributed by atoms with van der Waals surface area (Å²) in [6.45, 7) is -2.09. The van der Waals surface area contributed by atoms with E-state index in [1.807, 2.05) is 0 Å². The predicted molar refractivity (Wildman–Crippen MR) is 113 cm³/mol. The topological polar surface area (TPSA) is 91.8 Å². The van der Waals surface area contributed by atoms with Gasteiger partial charge in [-0.15, -0.1) is 0 Å². The van der Waals surface area contributed by atoms with Crippen LogP contribution in [-0.4, -0.2) is 46.0 Å². The van der Waals surface area contributed by atoms with Crippen LogP contribution in [0.5, 0.6) is 11.6 Å². The monoisotopic (exact) mass is 483 g/mol. The summed E-state index contributed by atoms with van der Waals surface area (Å²) in [6, 6.07) is 8.20. The number of carbonyl (C=O) groups excluding carboxylic acids is 1. The number of methoxy groups -OCH3 is 1. The lowest BCUT2D eigenvalue weighted by atomic mass is 9.97. The smallest absolute Gasteiger partial charge is 0.388 e. The number of ether oxygens (including phenoxy) is 3. The molecule has 0 spiro atoms. The van der Waals surface area contributed by atoms with Crippen LogP contribution in [0.2, 0.25) is 0 Å². The summed E-state index contributed by atoms with van der Waals surface area (Å²) in [6.07, 6.45) is 1.10. The Morgan fingerprint density at radius 2 is 1.79 bits per heavy atom. The van der Waals surface area contributed by atoms with Crippen LogP contribution < -0.4 is 9.47 Å². The number of sulfone groups is 1. The van der Waals surface area contributed by atoms with Crippen molar-refractivity contribution < 1.29 is 40.6 Å². The van der Waals surface area contributed by atoms with Crippen molar-refractivity contribution in [2.75, 3.05) is 20.0 Å². The number of benzene rings is 2. The lowest BCUT2D eigenvalue weighted by Crippen LogP contribution is -2.13. The molecule has 0 atom stereocenters. The summed E-state index contributed by atoms with van der Waals surface area (Å²) in [5.41, 5.74) is 0.895. The molecule has 0 radical (unpaired) electrons. The van der Waals surface area contributed by atoms with Gasteiger partial charge in [0.15, 0.2) is 16.4 Å². The molecule has 0 aliphatic carbocycles. The van der Waals surface area contributed by atoms with Crippen LogP contribution in [-0.2, 0) is 25.8 Å². The number of rotatable bonds is 8. The molecule has 0 aliphatic heterocycles. The third-order valence-corrected chi connectivity index (χ3v) is 6.02.